The minimum Gasteiger partial charge on any atom is -0.382 e. The van der Waals surface area contributed by atoms with Gasteiger partial charge < -0.3 is 5.73 Å². The molecule has 0 aliphatic heterocycles. The van der Waals surface area contributed by atoms with Crippen LogP contribution in [0.15, 0.2) is 28.7 Å². The van der Waals surface area contributed by atoms with Gasteiger partial charge in [0, 0.05) is 21.6 Å². The highest BCUT2D eigenvalue weighted by atomic mass is 79.9. The van der Waals surface area contributed by atoms with E-state index in [4.69, 9.17) is 5.73 Å². The summed E-state index contributed by atoms with van der Waals surface area (Å²) in [5.41, 5.74) is 9.88. The molecule has 1 fully saturated rings. The van der Waals surface area contributed by atoms with Crippen molar-refractivity contribution in [3.8, 4) is 11.1 Å². The lowest BCUT2D eigenvalue weighted by Crippen LogP contribution is -2.26. The molecule has 0 saturated heterocycles. The summed E-state index contributed by atoms with van der Waals surface area (Å²) in [6, 6.07) is 8.31. The molecule has 1 heterocycles. The maximum Gasteiger partial charge on any atom is 0.153 e. The molecule has 0 amide bonds. The fourth-order valence-corrected chi connectivity index (χ4v) is 3.84. The number of aromatic amines is 1. The number of nitrogens with two attached hydrogens (primary N) is 1. The van der Waals surface area contributed by atoms with Gasteiger partial charge in [0.15, 0.2) is 5.82 Å². The standard InChI is InChI=1S/C17H22BrN3/c1-17(2)10-4-3-5-13(17)15-14(16(19)21-20-15)11-6-8-12(18)9-7-11/h6-9,13H,3-5,10H2,1-2H3,(H3,19,20,21). The summed E-state index contributed by atoms with van der Waals surface area (Å²) in [7, 11) is 0. The van der Waals surface area contributed by atoms with Crippen LogP contribution in [0.4, 0.5) is 5.82 Å². The van der Waals surface area contributed by atoms with Crippen LogP contribution in [0.25, 0.3) is 11.1 Å². The van der Waals surface area contributed by atoms with Crippen LogP contribution in [-0.2, 0) is 0 Å². The lowest BCUT2D eigenvalue weighted by Gasteiger charge is -2.38. The predicted molar refractivity (Wildman–Crippen MR) is 91.1 cm³/mol. The van der Waals surface area contributed by atoms with Crippen LogP contribution in [0.1, 0.15) is 51.1 Å². The van der Waals surface area contributed by atoms with Crippen molar-refractivity contribution in [3.63, 3.8) is 0 Å². The second-order valence-electron chi connectivity index (χ2n) is 6.69. The van der Waals surface area contributed by atoms with Gasteiger partial charge in [-0.2, -0.15) is 5.10 Å². The summed E-state index contributed by atoms with van der Waals surface area (Å²) >= 11 is 3.49. The van der Waals surface area contributed by atoms with Gasteiger partial charge in [-0.1, -0.05) is 54.8 Å². The maximum atomic E-state index is 6.15. The van der Waals surface area contributed by atoms with Crippen molar-refractivity contribution in [2.45, 2.75) is 45.4 Å². The Morgan fingerprint density at radius 1 is 1.24 bits per heavy atom. The second kappa shape index (κ2) is 5.48. The first-order valence-electron chi connectivity index (χ1n) is 7.59. The quantitative estimate of drug-likeness (QED) is 0.793. The van der Waals surface area contributed by atoms with Crippen molar-refractivity contribution >= 4 is 21.7 Å². The van der Waals surface area contributed by atoms with E-state index >= 15 is 0 Å². The van der Waals surface area contributed by atoms with E-state index in [-0.39, 0.29) is 0 Å². The zero-order valence-electron chi connectivity index (χ0n) is 12.6. The zero-order valence-corrected chi connectivity index (χ0v) is 14.2. The smallest absolute Gasteiger partial charge is 0.153 e. The number of halogens is 1. The molecule has 1 saturated carbocycles. The molecule has 2 aromatic rings. The molecule has 3 N–H and O–H groups in total. The number of hydrogen-bond acceptors (Lipinski definition) is 2. The van der Waals surface area contributed by atoms with Crippen molar-refractivity contribution < 1.29 is 0 Å². The van der Waals surface area contributed by atoms with Crippen LogP contribution in [0.2, 0.25) is 0 Å². The Morgan fingerprint density at radius 2 is 1.95 bits per heavy atom. The maximum absolute atomic E-state index is 6.15. The molecule has 21 heavy (non-hydrogen) atoms. The van der Waals surface area contributed by atoms with E-state index < -0.39 is 0 Å². The third-order valence-corrected chi connectivity index (χ3v) is 5.34. The zero-order chi connectivity index (χ0) is 15.0. The number of benzene rings is 1. The Hall–Kier alpha value is -1.29. The first kappa shape index (κ1) is 14.6. The SMILES string of the molecule is CC1(C)CCCCC1c1[nH]nc(N)c1-c1ccc(Br)cc1. The minimum atomic E-state index is 0.293. The Balaban J connectivity index is 2.06. The largest absolute Gasteiger partial charge is 0.382 e. The molecule has 0 spiro atoms. The summed E-state index contributed by atoms with van der Waals surface area (Å²) in [6.45, 7) is 4.72. The fourth-order valence-electron chi connectivity index (χ4n) is 3.57. The number of nitrogens with one attached hydrogen (secondary N) is 1. The van der Waals surface area contributed by atoms with E-state index in [1.165, 1.54) is 31.4 Å². The monoisotopic (exact) mass is 347 g/mol. The van der Waals surface area contributed by atoms with E-state index in [0.29, 0.717) is 17.2 Å². The van der Waals surface area contributed by atoms with Crippen molar-refractivity contribution in [1.82, 2.24) is 10.2 Å². The minimum absolute atomic E-state index is 0.293. The Kier molecular flexibility index (Phi) is 3.82. The van der Waals surface area contributed by atoms with Crippen molar-refractivity contribution in [2.75, 3.05) is 5.73 Å². The number of hydrogen-bond donors (Lipinski definition) is 2. The molecule has 3 nitrogen and oxygen atoms in total. The van der Waals surface area contributed by atoms with Gasteiger partial charge in [0.05, 0.1) is 0 Å². The van der Waals surface area contributed by atoms with Crippen LogP contribution in [0.5, 0.6) is 0 Å². The summed E-state index contributed by atoms with van der Waals surface area (Å²) in [4.78, 5) is 0. The molecule has 1 aliphatic carbocycles. The van der Waals surface area contributed by atoms with Gasteiger partial charge in [-0.3, -0.25) is 5.10 Å². The summed E-state index contributed by atoms with van der Waals surface area (Å²) in [6.07, 6.45) is 5.07. The second-order valence-corrected chi connectivity index (χ2v) is 7.61. The molecule has 1 aromatic heterocycles. The molecule has 1 aromatic carbocycles. The van der Waals surface area contributed by atoms with Gasteiger partial charge in [0.2, 0.25) is 0 Å². The van der Waals surface area contributed by atoms with Crippen LogP contribution in [0, 0.1) is 5.41 Å². The number of rotatable bonds is 2. The summed E-state index contributed by atoms with van der Waals surface area (Å²) < 4.78 is 1.08. The third-order valence-electron chi connectivity index (χ3n) is 4.81. The van der Waals surface area contributed by atoms with Crippen LogP contribution in [0.3, 0.4) is 0 Å². The van der Waals surface area contributed by atoms with E-state index in [1.54, 1.807) is 0 Å². The predicted octanol–water partition coefficient (Wildman–Crippen LogP) is 5.11. The molecule has 0 bridgehead atoms. The molecule has 0 radical (unpaired) electrons. The molecule has 1 unspecified atom stereocenters. The van der Waals surface area contributed by atoms with E-state index in [9.17, 15) is 0 Å². The lowest BCUT2D eigenvalue weighted by molar-refractivity contribution is 0.196. The number of aromatic nitrogens is 2. The van der Waals surface area contributed by atoms with Gasteiger partial charge in [-0.05, 0) is 36.0 Å². The highest BCUT2D eigenvalue weighted by Gasteiger charge is 2.36. The van der Waals surface area contributed by atoms with Crippen LogP contribution in [-0.4, -0.2) is 10.2 Å². The first-order chi connectivity index (χ1) is 9.99. The average molecular weight is 348 g/mol. The fraction of sp³-hybridized carbons (Fsp3) is 0.471. The highest BCUT2D eigenvalue weighted by molar-refractivity contribution is 9.10. The molecular weight excluding hydrogens is 326 g/mol. The molecule has 3 rings (SSSR count). The van der Waals surface area contributed by atoms with Crippen molar-refractivity contribution in [2.24, 2.45) is 5.41 Å². The number of anilines is 1. The van der Waals surface area contributed by atoms with Crippen molar-refractivity contribution in [1.29, 1.82) is 0 Å². The molecule has 1 aliphatic rings. The summed E-state index contributed by atoms with van der Waals surface area (Å²) in [5, 5.41) is 7.52. The van der Waals surface area contributed by atoms with Gasteiger partial charge >= 0.3 is 0 Å². The number of nitrogen functional groups attached to an aromatic ring is 1. The summed E-state index contributed by atoms with van der Waals surface area (Å²) in [5.74, 6) is 1.10. The average Bonchev–Trinajstić information content (AvgIpc) is 2.81. The van der Waals surface area contributed by atoms with Gasteiger partial charge in [0.1, 0.15) is 0 Å². The molecule has 112 valence electrons. The normalized spacial score (nSPS) is 21.4. The van der Waals surface area contributed by atoms with Gasteiger partial charge in [0.25, 0.3) is 0 Å². The molecule has 4 heteroatoms. The first-order valence-corrected chi connectivity index (χ1v) is 8.38. The van der Waals surface area contributed by atoms with E-state index in [1.807, 2.05) is 0 Å². The Morgan fingerprint density at radius 3 is 2.62 bits per heavy atom. The molecular formula is C17H22BrN3. The van der Waals surface area contributed by atoms with Crippen LogP contribution >= 0.6 is 15.9 Å². The lowest BCUT2D eigenvalue weighted by atomic mass is 9.67. The van der Waals surface area contributed by atoms with Gasteiger partial charge in [-0.25, -0.2) is 0 Å². The Bertz CT molecular complexity index is 628. The van der Waals surface area contributed by atoms with E-state index in [2.05, 4.69) is 64.2 Å². The van der Waals surface area contributed by atoms with Crippen molar-refractivity contribution in [3.05, 3.63) is 34.4 Å². The number of H-pyrrole nitrogens is 1. The Labute approximate surface area is 134 Å². The molecule has 1 atom stereocenters. The van der Waals surface area contributed by atoms with Gasteiger partial charge in [-0.15, -0.1) is 0 Å². The van der Waals surface area contributed by atoms with E-state index in [0.717, 1.165) is 15.6 Å². The number of nitrogens with zero attached hydrogens (tertiary/aromatic N) is 1. The third kappa shape index (κ3) is 2.73. The van der Waals surface area contributed by atoms with Crippen LogP contribution < -0.4 is 5.73 Å². The highest BCUT2D eigenvalue weighted by Crippen LogP contribution is 2.49. The topological polar surface area (TPSA) is 54.7 Å².